The summed E-state index contributed by atoms with van der Waals surface area (Å²) in [4.78, 5) is 5.84. The molecule has 15 heavy (non-hydrogen) atoms. The molecule has 0 radical (unpaired) electrons. The van der Waals surface area contributed by atoms with Gasteiger partial charge in [-0.05, 0) is 19.5 Å². The van der Waals surface area contributed by atoms with Gasteiger partial charge >= 0.3 is 0 Å². The Kier molecular flexibility index (Phi) is 4.49. The molecule has 0 aliphatic rings. The summed E-state index contributed by atoms with van der Waals surface area (Å²) in [6, 6.07) is 1.71. The van der Waals surface area contributed by atoms with Crippen LogP contribution in [-0.2, 0) is 6.54 Å². The highest BCUT2D eigenvalue weighted by Gasteiger charge is 2.11. The maximum atomic E-state index is 13.9. The minimum Gasteiger partial charge on any atom is -0.358 e. The van der Waals surface area contributed by atoms with Crippen molar-refractivity contribution in [1.29, 1.82) is 0 Å². The molecule has 0 aromatic carbocycles. The molecule has 0 atom stereocenters. The number of nitrogens with zero attached hydrogens (tertiary/aromatic N) is 2. The minimum absolute atomic E-state index is 0.220. The molecule has 1 aromatic rings. The molecular formula is C11H18FN3. The number of nitrogens with one attached hydrogen (secondary N) is 1. The monoisotopic (exact) mass is 211 g/mol. The Balaban J connectivity index is 2.90. The fraction of sp³-hybridized carbons (Fsp3) is 0.545. The maximum absolute atomic E-state index is 13.9. The van der Waals surface area contributed by atoms with E-state index in [1.807, 2.05) is 20.9 Å². The lowest BCUT2D eigenvalue weighted by molar-refractivity contribution is 0.584. The second-order valence-corrected chi connectivity index (χ2v) is 3.40. The smallest absolute Gasteiger partial charge is 0.170 e. The van der Waals surface area contributed by atoms with Crippen LogP contribution < -0.4 is 10.2 Å². The standard InChI is InChI=1S/C11H18FN3/c1-4-13-8-9-6-7-14-11(10(9)12)15(3)5-2/h6-7,13H,4-5,8H2,1-3H3. The molecular weight excluding hydrogens is 193 g/mol. The van der Waals surface area contributed by atoms with Gasteiger partial charge in [0.25, 0.3) is 0 Å². The van der Waals surface area contributed by atoms with Crippen LogP contribution in [0.2, 0.25) is 0 Å². The predicted molar refractivity (Wildman–Crippen MR) is 60.5 cm³/mol. The Labute approximate surface area is 90.3 Å². The first-order valence-electron chi connectivity index (χ1n) is 5.25. The molecule has 0 spiro atoms. The van der Waals surface area contributed by atoms with Crippen LogP contribution in [0, 0.1) is 5.82 Å². The van der Waals surface area contributed by atoms with Gasteiger partial charge in [-0.25, -0.2) is 9.37 Å². The molecule has 84 valence electrons. The Morgan fingerprint density at radius 1 is 1.47 bits per heavy atom. The molecule has 0 amide bonds. The normalized spacial score (nSPS) is 10.4. The van der Waals surface area contributed by atoms with Crippen LogP contribution >= 0.6 is 0 Å². The van der Waals surface area contributed by atoms with E-state index in [4.69, 9.17) is 0 Å². The quantitative estimate of drug-likeness (QED) is 0.804. The lowest BCUT2D eigenvalue weighted by atomic mass is 10.2. The lowest BCUT2D eigenvalue weighted by Crippen LogP contribution is -2.20. The van der Waals surface area contributed by atoms with Gasteiger partial charge in [-0.1, -0.05) is 6.92 Å². The Hall–Kier alpha value is -1.16. The number of anilines is 1. The van der Waals surface area contributed by atoms with Gasteiger partial charge in [0.15, 0.2) is 11.6 Å². The number of halogens is 1. The van der Waals surface area contributed by atoms with Gasteiger partial charge in [-0.3, -0.25) is 0 Å². The molecule has 0 unspecified atom stereocenters. The maximum Gasteiger partial charge on any atom is 0.170 e. The van der Waals surface area contributed by atoms with E-state index in [0.717, 1.165) is 13.1 Å². The first-order chi connectivity index (χ1) is 7.20. The minimum atomic E-state index is -0.220. The third-order valence-corrected chi connectivity index (χ3v) is 2.35. The fourth-order valence-electron chi connectivity index (χ4n) is 1.28. The summed E-state index contributed by atoms with van der Waals surface area (Å²) in [5.74, 6) is 0.204. The zero-order chi connectivity index (χ0) is 11.3. The SMILES string of the molecule is CCNCc1ccnc(N(C)CC)c1F. The molecule has 0 aliphatic heterocycles. The summed E-state index contributed by atoms with van der Waals surface area (Å²) in [7, 11) is 1.84. The fourth-order valence-corrected chi connectivity index (χ4v) is 1.28. The summed E-state index contributed by atoms with van der Waals surface area (Å²) in [5.41, 5.74) is 0.669. The number of hydrogen-bond acceptors (Lipinski definition) is 3. The predicted octanol–water partition coefficient (Wildman–Crippen LogP) is 1.79. The number of hydrogen-bond donors (Lipinski definition) is 1. The van der Waals surface area contributed by atoms with E-state index < -0.39 is 0 Å². The van der Waals surface area contributed by atoms with Gasteiger partial charge in [0.05, 0.1) is 0 Å². The molecule has 0 saturated heterocycles. The van der Waals surface area contributed by atoms with E-state index in [9.17, 15) is 4.39 Å². The van der Waals surface area contributed by atoms with Crippen LogP contribution in [0.25, 0.3) is 0 Å². The summed E-state index contributed by atoms with van der Waals surface area (Å²) in [5, 5.41) is 3.10. The molecule has 1 N–H and O–H groups in total. The highest BCUT2D eigenvalue weighted by atomic mass is 19.1. The summed E-state index contributed by atoms with van der Waals surface area (Å²) >= 11 is 0. The summed E-state index contributed by atoms with van der Waals surface area (Å²) in [6.45, 7) is 6.10. The van der Waals surface area contributed by atoms with Crippen molar-refractivity contribution in [2.75, 3.05) is 25.0 Å². The molecule has 1 aromatic heterocycles. The lowest BCUT2D eigenvalue weighted by Gasteiger charge is -2.17. The van der Waals surface area contributed by atoms with Gasteiger partial charge in [-0.15, -0.1) is 0 Å². The molecule has 1 heterocycles. The van der Waals surface area contributed by atoms with Crippen LogP contribution in [0.15, 0.2) is 12.3 Å². The van der Waals surface area contributed by atoms with Crippen molar-refractivity contribution >= 4 is 5.82 Å². The molecule has 3 nitrogen and oxygen atoms in total. The van der Waals surface area contributed by atoms with Crippen molar-refractivity contribution < 1.29 is 4.39 Å². The number of rotatable bonds is 5. The molecule has 0 saturated carbocycles. The van der Waals surface area contributed by atoms with Crippen molar-refractivity contribution in [2.45, 2.75) is 20.4 Å². The first kappa shape index (κ1) is 11.9. The van der Waals surface area contributed by atoms with Crippen LogP contribution in [0.4, 0.5) is 10.2 Å². The Bertz CT molecular complexity index is 315. The zero-order valence-corrected chi connectivity index (χ0v) is 9.55. The van der Waals surface area contributed by atoms with Gasteiger partial charge in [0, 0.05) is 31.9 Å². The molecule has 1 rings (SSSR count). The Morgan fingerprint density at radius 2 is 2.20 bits per heavy atom. The third-order valence-electron chi connectivity index (χ3n) is 2.35. The van der Waals surface area contributed by atoms with E-state index in [-0.39, 0.29) is 5.82 Å². The van der Waals surface area contributed by atoms with E-state index in [2.05, 4.69) is 10.3 Å². The highest BCUT2D eigenvalue weighted by molar-refractivity contribution is 5.42. The van der Waals surface area contributed by atoms with E-state index in [0.29, 0.717) is 17.9 Å². The van der Waals surface area contributed by atoms with Crippen molar-refractivity contribution in [3.05, 3.63) is 23.6 Å². The second kappa shape index (κ2) is 5.66. The van der Waals surface area contributed by atoms with Crippen LogP contribution in [0.3, 0.4) is 0 Å². The summed E-state index contributed by atoms with van der Waals surface area (Å²) < 4.78 is 13.9. The van der Waals surface area contributed by atoms with Crippen molar-refractivity contribution in [3.63, 3.8) is 0 Å². The van der Waals surface area contributed by atoms with Gasteiger partial charge in [-0.2, -0.15) is 0 Å². The first-order valence-corrected chi connectivity index (χ1v) is 5.25. The van der Waals surface area contributed by atoms with Crippen LogP contribution in [0.5, 0.6) is 0 Å². The zero-order valence-electron chi connectivity index (χ0n) is 9.55. The number of aromatic nitrogens is 1. The topological polar surface area (TPSA) is 28.2 Å². The third kappa shape index (κ3) is 2.89. The Morgan fingerprint density at radius 3 is 2.80 bits per heavy atom. The van der Waals surface area contributed by atoms with Gasteiger partial charge < -0.3 is 10.2 Å². The van der Waals surface area contributed by atoms with Crippen molar-refractivity contribution in [2.24, 2.45) is 0 Å². The van der Waals surface area contributed by atoms with Gasteiger partial charge in [0.1, 0.15) is 0 Å². The average Bonchev–Trinajstić information content (AvgIpc) is 2.27. The van der Waals surface area contributed by atoms with Gasteiger partial charge in [0.2, 0.25) is 0 Å². The molecule has 0 aliphatic carbocycles. The largest absolute Gasteiger partial charge is 0.358 e. The number of pyridine rings is 1. The average molecular weight is 211 g/mol. The second-order valence-electron chi connectivity index (χ2n) is 3.40. The summed E-state index contributed by atoms with van der Waals surface area (Å²) in [6.07, 6.45) is 1.65. The highest BCUT2D eigenvalue weighted by Crippen LogP contribution is 2.17. The van der Waals surface area contributed by atoms with Crippen LogP contribution in [-0.4, -0.2) is 25.1 Å². The van der Waals surface area contributed by atoms with E-state index >= 15 is 0 Å². The molecule has 0 bridgehead atoms. The molecule has 4 heteroatoms. The van der Waals surface area contributed by atoms with E-state index in [1.54, 1.807) is 17.2 Å². The van der Waals surface area contributed by atoms with Crippen molar-refractivity contribution in [3.8, 4) is 0 Å². The van der Waals surface area contributed by atoms with Crippen LogP contribution in [0.1, 0.15) is 19.4 Å². The van der Waals surface area contributed by atoms with E-state index in [1.165, 1.54) is 0 Å². The molecule has 0 fully saturated rings. The van der Waals surface area contributed by atoms with Crippen molar-refractivity contribution in [1.82, 2.24) is 10.3 Å².